The van der Waals surface area contributed by atoms with E-state index < -0.39 is 0 Å². The third-order valence-electron chi connectivity index (χ3n) is 3.13. The van der Waals surface area contributed by atoms with Crippen molar-refractivity contribution in [2.24, 2.45) is 0 Å². The molecule has 0 aliphatic rings. The first-order valence-electron chi connectivity index (χ1n) is 6.04. The highest BCUT2D eigenvalue weighted by atomic mass is 79.9. The van der Waals surface area contributed by atoms with Crippen LogP contribution in [0.2, 0.25) is 0 Å². The summed E-state index contributed by atoms with van der Waals surface area (Å²) >= 11 is 3.58. The average molecular weight is 304 g/mol. The zero-order valence-electron chi connectivity index (χ0n) is 9.96. The molecule has 3 rings (SSSR count). The standard InChI is InChI=1S/C14H14BrN3/c15-13-3-1-4-14-12(13)5-9-18(14)8-2-7-17-10-6-16-11-17/h1,3-6,9-11H,2,7-8H2. The molecule has 0 N–H and O–H groups in total. The number of aromatic nitrogens is 3. The first-order chi connectivity index (χ1) is 8.84. The fraction of sp³-hybridized carbons (Fsp3) is 0.214. The third kappa shape index (κ3) is 2.20. The summed E-state index contributed by atoms with van der Waals surface area (Å²) in [6, 6.07) is 8.49. The van der Waals surface area contributed by atoms with Crippen LogP contribution in [-0.4, -0.2) is 14.1 Å². The van der Waals surface area contributed by atoms with Gasteiger partial charge >= 0.3 is 0 Å². The molecule has 3 nitrogen and oxygen atoms in total. The molecule has 0 radical (unpaired) electrons. The lowest BCUT2D eigenvalue weighted by Gasteiger charge is -2.06. The van der Waals surface area contributed by atoms with Crippen LogP contribution >= 0.6 is 15.9 Å². The number of halogens is 1. The van der Waals surface area contributed by atoms with Crippen molar-refractivity contribution in [2.75, 3.05) is 0 Å². The Morgan fingerprint density at radius 1 is 1.11 bits per heavy atom. The molecule has 18 heavy (non-hydrogen) atoms. The third-order valence-corrected chi connectivity index (χ3v) is 3.83. The molecule has 0 aliphatic heterocycles. The Bertz CT molecular complexity index is 640. The van der Waals surface area contributed by atoms with Crippen molar-refractivity contribution in [1.82, 2.24) is 14.1 Å². The van der Waals surface area contributed by atoms with Crippen molar-refractivity contribution in [1.29, 1.82) is 0 Å². The minimum atomic E-state index is 1.01. The maximum absolute atomic E-state index is 4.05. The van der Waals surface area contributed by atoms with Gasteiger partial charge in [0.2, 0.25) is 0 Å². The zero-order chi connectivity index (χ0) is 12.4. The van der Waals surface area contributed by atoms with E-state index in [2.05, 4.69) is 60.5 Å². The van der Waals surface area contributed by atoms with Gasteiger partial charge in [0.1, 0.15) is 0 Å². The topological polar surface area (TPSA) is 22.8 Å². The molecular formula is C14H14BrN3. The molecule has 0 amide bonds. The summed E-state index contributed by atoms with van der Waals surface area (Å²) in [5.74, 6) is 0. The maximum atomic E-state index is 4.05. The van der Waals surface area contributed by atoms with E-state index in [1.165, 1.54) is 10.9 Å². The number of aryl methyl sites for hydroxylation is 2. The molecule has 0 atom stereocenters. The van der Waals surface area contributed by atoms with Gasteiger partial charge in [-0.1, -0.05) is 22.0 Å². The Hall–Kier alpha value is -1.55. The number of hydrogen-bond acceptors (Lipinski definition) is 1. The summed E-state index contributed by atoms with van der Waals surface area (Å²) in [5.41, 5.74) is 1.29. The van der Waals surface area contributed by atoms with E-state index in [1.54, 1.807) is 0 Å². The Morgan fingerprint density at radius 2 is 2.06 bits per heavy atom. The van der Waals surface area contributed by atoms with Gasteiger partial charge in [-0.15, -0.1) is 0 Å². The van der Waals surface area contributed by atoms with Crippen molar-refractivity contribution in [3.63, 3.8) is 0 Å². The normalized spacial score (nSPS) is 11.2. The van der Waals surface area contributed by atoms with Crippen molar-refractivity contribution in [3.05, 3.63) is 53.7 Å². The summed E-state index contributed by atoms with van der Waals surface area (Å²) in [4.78, 5) is 4.05. The van der Waals surface area contributed by atoms with Gasteiger partial charge in [0, 0.05) is 47.1 Å². The first-order valence-corrected chi connectivity index (χ1v) is 6.83. The fourth-order valence-electron chi connectivity index (χ4n) is 2.22. The molecule has 0 saturated carbocycles. The highest BCUT2D eigenvalue weighted by molar-refractivity contribution is 9.10. The van der Waals surface area contributed by atoms with Crippen LogP contribution in [-0.2, 0) is 13.1 Å². The van der Waals surface area contributed by atoms with Crippen LogP contribution in [0.25, 0.3) is 10.9 Å². The van der Waals surface area contributed by atoms with E-state index in [0.29, 0.717) is 0 Å². The molecule has 0 unspecified atom stereocenters. The lowest BCUT2D eigenvalue weighted by molar-refractivity contribution is 0.573. The lowest BCUT2D eigenvalue weighted by Crippen LogP contribution is -2.01. The van der Waals surface area contributed by atoms with Crippen LogP contribution in [0, 0.1) is 0 Å². The molecule has 2 aromatic heterocycles. The molecule has 4 heteroatoms. The second-order valence-corrected chi connectivity index (χ2v) is 5.19. The van der Waals surface area contributed by atoms with Gasteiger partial charge in [-0.2, -0.15) is 0 Å². The number of benzene rings is 1. The molecule has 2 heterocycles. The Balaban J connectivity index is 1.73. The van der Waals surface area contributed by atoms with E-state index in [-0.39, 0.29) is 0 Å². The fourth-order valence-corrected chi connectivity index (χ4v) is 2.71. The van der Waals surface area contributed by atoms with Crippen LogP contribution in [0.1, 0.15) is 6.42 Å². The first kappa shape index (κ1) is 11.5. The van der Waals surface area contributed by atoms with E-state index in [9.17, 15) is 0 Å². The number of rotatable bonds is 4. The molecular weight excluding hydrogens is 290 g/mol. The summed E-state index contributed by atoms with van der Waals surface area (Å²) in [5, 5.41) is 1.28. The smallest absolute Gasteiger partial charge is 0.0945 e. The van der Waals surface area contributed by atoms with E-state index in [1.807, 2.05) is 18.7 Å². The number of imidazole rings is 1. The monoisotopic (exact) mass is 303 g/mol. The molecule has 0 bridgehead atoms. The van der Waals surface area contributed by atoms with Crippen LogP contribution < -0.4 is 0 Å². The van der Waals surface area contributed by atoms with Crippen LogP contribution in [0.5, 0.6) is 0 Å². The van der Waals surface area contributed by atoms with Crippen molar-refractivity contribution < 1.29 is 0 Å². The Morgan fingerprint density at radius 3 is 2.89 bits per heavy atom. The molecule has 0 aliphatic carbocycles. The van der Waals surface area contributed by atoms with Crippen LogP contribution in [0.15, 0.2) is 53.7 Å². The van der Waals surface area contributed by atoms with Crippen LogP contribution in [0.4, 0.5) is 0 Å². The summed E-state index contributed by atoms with van der Waals surface area (Å²) in [6.07, 6.45) is 8.95. The van der Waals surface area contributed by atoms with Gasteiger partial charge in [0.15, 0.2) is 0 Å². The molecule has 0 fully saturated rings. The predicted octanol–water partition coefficient (Wildman–Crippen LogP) is 3.69. The SMILES string of the molecule is Brc1cccc2c1ccn2CCCn1ccnc1. The minimum Gasteiger partial charge on any atom is -0.347 e. The Labute approximate surface area is 114 Å². The highest BCUT2D eigenvalue weighted by Gasteiger charge is 2.03. The van der Waals surface area contributed by atoms with Gasteiger partial charge in [0.05, 0.1) is 6.33 Å². The minimum absolute atomic E-state index is 1.01. The molecule has 1 aromatic carbocycles. The lowest BCUT2D eigenvalue weighted by atomic mass is 10.2. The largest absolute Gasteiger partial charge is 0.347 e. The number of hydrogen-bond donors (Lipinski definition) is 0. The van der Waals surface area contributed by atoms with E-state index in [0.717, 1.165) is 24.0 Å². The summed E-state index contributed by atoms with van der Waals surface area (Å²) < 4.78 is 5.58. The second kappa shape index (κ2) is 4.98. The predicted molar refractivity (Wildman–Crippen MR) is 76.5 cm³/mol. The van der Waals surface area contributed by atoms with E-state index >= 15 is 0 Å². The van der Waals surface area contributed by atoms with E-state index in [4.69, 9.17) is 0 Å². The summed E-state index contributed by atoms with van der Waals surface area (Å²) in [6.45, 7) is 2.03. The highest BCUT2D eigenvalue weighted by Crippen LogP contribution is 2.24. The Kier molecular flexibility index (Phi) is 3.19. The van der Waals surface area contributed by atoms with Crippen molar-refractivity contribution >= 4 is 26.8 Å². The van der Waals surface area contributed by atoms with Gasteiger partial charge in [-0.3, -0.25) is 0 Å². The van der Waals surface area contributed by atoms with Gasteiger partial charge in [-0.25, -0.2) is 4.98 Å². The number of nitrogens with zero attached hydrogens (tertiary/aromatic N) is 3. The van der Waals surface area contributed by atoms with Gasteiger partial charge in [0.25, 0.3) is 0 Å². The molecule has 0 spiro atoms. The van der Waals surface area contributed by atoms with Crippen molar-refractivity contribution in [3.8, 4) is 0 Å². The average Bonchev–Trinajstić information content (AvgIpc) is 3.00. The molecule has 0 saturated heterocycles. The maximum Gasteiger partial charge on any atom is 0.0945 e. The van der Waals surface area contributed by atoms with Crippen molar-refractivity contribution in [2.45, 2.75) is 19.5 Å². The zero-order valence-corrected chi connectivity index (χ0v) is 11.5. The van der Waals surface area contributed by atoms with Crippen LogP contribution in [0.3, 0.4) is 0 Å². The quantitative estimate of drug-likeness (QED) is 0.721. The second-order valence-electron chi connectivity index (χ2n) is 4.34. The molecule has 92 valence electrons. The number of fused-ring (bicyclic) bond motifs is 1. The van der Waals surface area contributed by atoms with Gasteiger partial charge in [-0.05, 0) is 24.6 Å². The van der Waals surface area contributed by atoms with Gasteiger partial charge < -0.3 is 9.13 Å². The molecule has 3 aromatic rings. The summed E-state index contributed by atoms with van der Waals surface area (Å²) in [7, 11) is 0.